The molecule has 0 unspecified atom stereocenters. The van der Waals surface area contributed by atoms with Gasteiger partial charge in [-0.05, 0) is 32.8 Å². The van der Waals surface area contributed by atoms with Crippen molar-refractivity contribution < 1.29 is 15.8 Å². The summed E-state index contributed by atoms with van der Waals surface area (Å²) in [6, 6.07) is 8.94. The summed E-state index contributed by atoms with van der Waals surface area (Å²) in [4.78, 5) is 22.5. The van der Waals surface area contributed by atoms with Crippen LogP contribution in [-0.2, 0) is 16.0 Å². The van der Waals surface area contributed by atoms with E-state index in [2.05, 4.69) is 5.32 Å². The minimum atomic E-state index is -0.574. The molecule has 100 valence electrons. The van der Waals surface area contributed by atoms with Crippen molar-refractivity contribution in [1.29, 1.82) is 0 Å². The topological polar surface area (TPSA) is 55.4 Å². The van der Waals surface area contributed by atoms with Crippen molar-refractivity contribution in [3.8, 4) is 0 Å². The van der Waals surface area contributed by atoms with Crippen LogP contribution in [0.15, 0.2) is 30.3 Å². The van der Waals surface area contributed by atoms with Gasteiger partial charge in [0.05, 0.1) is 6.04 Å². The van der Waals surface area contributed by atoms with Gasteiger partial charge in [0, 0.05) is 1.43 Å². The van der Waals surface area contributed by atoms with Crippen LogP contribution >= 0.6 is 0 Å². The molecule has 0 aliphatic heterocycles. The maximum Gasteiger partial charge on any atom is 0.408 e. The normalized spacial score (nSPS) is 12.6. The molecule has 0 aliphatic rings. The van der Waals surface area contributed by atoms with Crippen LogP contribution < -0.4 is 5.32 Å². The van der Waals surface area contributed by atoms with Crippen molar-refractivity contribution in [2.24, 2.45) is 0 Å². The van der Waals surface area contributed by atoms with E-state index in [0.717, 1.165) is 11.8 Å². The van der Waals surface area contributed by atoms with Crippen LogP contribution in [0.4, 0.5) is 4.79 Å². The third-order valence-electron chi connectivity index (χ3n) is 2.16. The highest BCUT2D eigenvalue weighted by atomic mass is 16.6. The predicted octanol–water partition coefficient (Wildman–Crippen LogP) is 2.57. The maximum atomic E-state index is 11.5. The number of ether oxygens (including phenoxy) is 1. The van der Waals surface area contributed by atoms with E-state index < -0.39 is 17.7 Å². The van der Waals surface area contributed by atoms with Crippen molar-refractivity contribution in [1.82, 2.24) is 5.32 Å². The van der Waals surface area contributed by atoms with Gasteiger partial charge in [-0.3, -0.25) is 0 Å². The second kappa shape index (κ2) is 6.19. The molecule has 0 fully saturated rings. The Labute approximate surface area is 109 Å². The molecule has 0 radical (unpaired) electrons. The van der Waals surface area contributed by atoms with E-state index in [9.17, 15) is 9.59 Å². The van der Waals surface area contributed by atoms with Gasteiger partial charge in [-0.2, -0.15) is 0 Å². The summed E-state index contributed by atoms with van der Waals surface area (Å²) in [6.45, 7) is 5.33. The van der Waals surface area contributed by atoms with Gasteiger partial charge >= 0.3 is 6.09 Å². The summed E-state index contributed by atoms with van der Waals surface area (Å²) in [6.07, 6.45) is 0.607. The summed E-state index contributed by atoms with van der Waals surface area (Å²) in [5.41, 5.74) is 0.426. The molecule has 0 spiro atoms. The number of carbonyl (C=O) groups is 2. The van der Waals surface area contributed by atoms with E-state index in [0.29, 0.717) is 6.42 Å². The summed E-state index contributed by atoms with van der Waals surface area (Å²) in [5.74, 6) is 0. The lowest BCUT2D eigenvalue weighted by Crippen LogP contribution is -2.41. The lowest BCUT2D eigenvalue weighted by atomic mass is 10.1. The first-order valence-electron chi connectivity index (χ1n) is 5.89. The Bertz CT molecular complexity index is 401. The number of amides is 1. The summed E-state index contributed by atoms with van der Waals surface area (Å²) in [5, 5.41) is 2.54. The number of carbonyl (C=O) groups excluding carboxylic acids is 2. The first-order valence-corrected chi connectivity index (χ1v) is 5.89. The SMILES string of the molecule is CC(C)(C)OC(=O)N[C@H](C=O)Cc1ccccc1.[HH]. The quantitative estimate of drug-likeness (QED) is 0.837. The fraction of sp³-hybridized carbons (Fsp3) is 0.429. The zero-order valence-electron chi connectivity index (χ0n) is 11.0. The molecule has 1 aromatic carbocycles. The van der Waals surface area contributed by atoms with Crippen molar-refractivity contribution in [2.45, 2.75) is 38.8 Å². The van der Waals surface area contributed by atoms with Crippen LogP contribution in [0.5, 0.6) is 0 Å². The van der Waals surface area contributed by atoms with Gasteiger partial charge in [0.1, 0.15) is 11.9 Å². The smallest absolute Gasteiger partial charge is 0.408 e. The highest BCUT2D eigenvalue weighted by Gasteiger charge is 2.19. The first kappa shape index (κ1) is 14.2. The van der Waals surface area contributed by atoms with Crippen LogP contribution in [-0.4, -0.2) is 24.0 Å². The molecule has 1 atom stereocenters. The molecule has 1 aromatic rings. The molecule has 1 N–H and O–H groups in total. The predicted molar refractivity (Wildman–Crippen MR) is 71.5 cm³/mol. The molecular weight excluding hydrogens is 230 g/mol. The van der Waals surface area contributed by atoms with E-state index in [4.69, 9.17) is 4.74 Å². The van der Waals surface area contributed by atoms with Gasteiger partial charge in [0.15, 0.2) is 0 Å². The molecule has 4 heteroatoms. The number of benzene rings is 1. The summed E-state index contributed by atoms with van der Waals surface area (Å²) >= 11 is 0. The number of hydrogen-bond acceptors (Lipinski definition) is 3. The van der Waals surface area contributed by atoms with Crippen LogP contribution in [0.3, 0.4) is 0 Å². The molecule has 0 aromatic heterocycles. The van der Waals surface area contributed by atoms with Crippen LogP contribution in [0, 0.1) is 0 Å². The Kier molecular flexibility index (Phi) is 4.89. The minimum Gasteiger partial charge on any atom is -0.444 e. The Balaban J connectivity index is 0.00000324. The van der Waals surface area contributed by atoms with Crippen LogP contribution in [0.2, 0.25) is 0 Å². The van der Waals surface area contributed by atoms with E-state index in [1.807, 2.05) is 30.3 Å². The first-order chi connectivity index (χ1) is 8.40. The Morgan fingerprint density at radius 2 is 2.00 bits per heavy atom. The molecule has 0 saturated carbocycles. The number of rotatable bonds is 4. The molecular formula is C14H21NO3. The van der Waals surface area contributed by atoms with Crippen molar-refractivity contribution in [3.05, 3.63) is 35.9 Å². The van der Waals surface area contributed by atoms with Crippen molar-refractivity contribution >= 4 is 12.4 Å². The van der Waals surface area contributed by atoms with Gasteiger partial charge in [-0.1, -0.05) is 30.3 Å². The minimum absolute atomic E-state index is 0. The van der Waals surface area contributed by atoms with Gasteiger partial charge in [0.2, 0.25) is 0 Å². The second-order valence-corrected chi connectivity index (χ2v) is 5.08. The third-order valence-corrected chi connectivity index (χ3v) is 2.16. The van der Waals surface area contributed by atoms with E-state index in [1.165, 1.54) is 0 Å². The zero-order valence-corrected chi connectivity index (χ0v) is 11.0. The van der Waals surface area contributed by atoms with Crippen LogP contribution in [0.25, 0.3) is 0 Å². The summed E-state index contributed by atoms with van der Waals surface area (Å²) < 4.78 is 5.10. The molecule has 18 heavy (non-hydrogen) atoms. The van der Waals surface area contributed by atoms with E-state index in [-0.39, 0.29) is 1.43 Å². The molecule has 0 heterocycles. The number of alkyl carbamates (subject to hydrolysis) is 1. The average Bonchev–Trinajstić information content (AvgIpc) is 2.27. The summed E-state index contributed by atoms with van der Waals surface area (Å²) in [7, 11) is 0. The van der Waals surface area contributed by atoms with Crippen molar-refractivity contribution in [3.63, 3.8) is 0 Å². The Morgan fingerprint density at radius 1 is 1.39 bits per heavy atom. The fourth-order valence-electron chi connectivity index (χ4n) is 1.46. The van der Waals surface area contributed by atoms with Crippen LogP contribution in [0.1, 0.15) is 27.8 Å². The zero-order chi connectivity index (χ0) is 13.6. The van der Waals surface area contributed by atoms with Gasteiger partial charge in [0.25, 0.3) is 0 Å². The largest absolute Gasteiger partial charge is 0.444 e. The average molecular weight is 251 g/mol. The van der Waals surface area contributed by atoms with Gasteiger partial charge in [-0.15, -0.1) is 0 Å². The second-order valence-electron chi connectivity index (χ2n) is 5.08. The van der Waals surface area contributed by atoms with E-state index >= 15 is 0 Å². The highest BCUT2D eigenvalue weighted by Crippen LogP contribution is 2.07. The Hall–Kier alpha value is -1.84. The lowest BCUT2D eigenvalue weighted by Gasteiger charge is -2.21. The molecule has 4 nitrogen and oxygen atoms in total. The maximum absolute atomic E-state index is 11.5. The monoisotopic (exact) mass is 251 g/mol. The highest BCUT2D eigenvalue weighted by molar-refractivity contribution is 5.73. The molecule has 0 bridgehead atoms. The lowest BCUT2D eigenvalue weighted by molar-refractivity contribution is -0.109. The molecule has 1 rings (SSSR count). The van der Waals surface area contributed by atoms with E-state index in [1.54, 1.807) is 20.8 Å². The fourth-order valence-corrected chi connectivity index (χ4v) is 1.46. The van der Waals surface area contributed by atoms with Gasteiger partial charge in [-0.25, -0.2) is 4.79 Å². The number of hydrogen-bond donors (Lipinski definition) is 1. The van der Waals surface area contributed by atoms with Gasteiger partial charge < -0.3 is 14.8 Å². The molecule has 0 saturated heterocycles. The molecule has 0 aliphatic carbocycles. The standard InChI is InChI=1S/C14H19NO3.H2/c1-14(2,3)18-13(17)15-12(10-16)9-11-7-5-4-6-8-11;/h4-8,10,12H,9H2,1-3H3,(H,15,17);1H/t12-;/m0./s1. The molecule has 1 amide bonds. The number of aldehydes is 1. The Morgan fingerprint density at radius 3 is 2.50 bits per heavy atom. The third kappa shape index (κ3) is 5.48. The number of nitrogens with one attached hydrogen (secondary N) is 1. The van der Waals surface area contributed by atoms with Crippen molar-refractivity contribution in [2.75, 3.05) is 0 Å².